The number of aliphatic imine (C=N–C) groups is 1. The Kier molecular flexibility index (Phi) is 5.69. The number of rotatable bonds is 7. The molecule has 0 amide bonds. The van der Waals surface area contributed by atoms with E-state index in [0.29, 0.717) is 23.9 Å². The van der Waals surface area contributed by atoms with Crippen LogP contribution in [0.1, 0.15) is 12.7 Å². The third-order valence-corrected chi connectivity index (χ3v) is 4.85. The summed E-state index contributed by atoms with van der Waals surface area (Å²) < 4.78 is 16.2. The molecular formula is C24H21N3O4. The molecule has 4 rings (SSSR count). The zero-order valence-electron chi connectivity index (χ0n) is 17.4. The van der Waals surface area contributed by atoms with Gasteiger partial charge in [0.05, 0.1) is 38.4 Å². The molecule has 3 aromatic rings. The highest BCUT2D eigenvalue weighted by Crippen LogP contribution is 2.36. The smallest absolute Gasteiger partial charge is 0.168 e. The number of nitrogens with one attached hydrogen (secondary N) is 1. The Labute approximate surface area is 179 Å². The Hall–Kier alpha value is -4.09. The number of hydrogen-bond donors (Lipinski definition) is 1. The lowest BCUT2D eigenvalue weighted by Gasteiger charge is -2.06. The molecule has 7 nitrogen and oxygen atoms in total. The van der Waals surface area contributed by atoms with Gasteiger partial charge < -0.3 is 19.2 Å². The molecule has 1 aliphatic heterocycles. The zero-order valence-corrected chi connectivity index (χ0v) is 17.4. The lowest BCUT2D eigenvalue weighted by Crippen LogP contribution is -1.97. The maximum Gasteiger partial charge on any atom is 0.168 e. The average Bonchev–Trinajstić information content (AvgIpc) is 3.43. The number of imidazole rings is 1. The summed E-state index contributed by atoms with van der Waals surface area (Å²) in [5.74, 6) is 4.26. The van der Waals surface area contributed by atoms with Crippen molar-refractivity contribution in [2.45, 2.75) is 6.92 Å². The third-order valence-electron chi connectivity index (χ3n) is 4.85. The lowest BCUT2D eigenvalue weighted by atomic mass is 10.0. The van der Waals surface area contributed by atoms with Crippen molar-refractivity contribution in [1.29, 1.82) is 0 Å². The van der Waals surface area contributed by atoms with E-state index in [4.69, 9.17) is 19.2 Å². The highest BCUT2D eigenvalue weighted by molar-refractivity contribution is 6.03. The second-order valence-electron chi connectivity index (χ2n) is 6.65. The molecule has 2 aromatic carbocycles. The molecule has 0 spiro atoms. The zero-order chi connectivity index (χ0) is 21.8. The number of aromatic amines is 1. The van der Waals surface area contributed by atoms with Crippen molar-refractivity contribution < 1.29 is 19.0 Å². The highest BCUT2D eigenvalue weighted by Gasteiger charge is 2.25. The molecule has 1 aromatic heterocycles. The number of benzene rings is 2. The van der Waals surface area contributed by atoms with Crippen LogP contribution in [0, 0.1) is 0 Å². The minimum Gasteiger partial charge on any atom is -0.497 e. The summed E-state index contributed by atoms with van der Waals surface area (Å²) in [6, 6.07) is 15.3. The fourth-order valence-electron chi connectivity index (χ4n) is 3.32. The van der Waals surface area contributed by atoms with E-state index in [-0.39, 0.29) is 5.57 Å². The maximum absolute atomic E-state index is 11.3. The van der Waals surface area contributed by atoms with Crippen molar-refractivity contribution in [3.63, 3.8) is 0 Å². The van der Waals surface area contributed by atoms with Crippen LogP contribution >= 0.6 is 0 Å². The predicted octanol–water partition coefficient (Wildman–Crippen LogP) is 4.31. The Morgan fingerprint density at radius 2 is 1.55 bits per heavy atom. The number of ether oxygens (including phenoxy) is 3. The van der Waals surface area contributed by atoms with E-state index < -0.39 is 0 Å². The summed E-state index contributed by atoms with van der Waals surface area (Å²) in [7, 11) is 3.26. The summed E-state index contributed by atoms with van der Waals surface area (Å²) in [4.78, 5) is 23.8. The topological polar surface area (TPSA) is 85.8 Å². The van der Waals surface area contributed by atoms with Crippen molar-refractivity contribution in [1.82, 2.24) is 9.97 Å². The van der Waals surface area contributed by atoms with E-state index in [9.17, 15) is 4.79 Å². The van der Waals surface area contributed by atoms with E-state index in [1.165, 1.54) is 6.21 Å². The van der Waals surface area contributed by atoms with Gasteiger partial charge in [-0.3, -0.25) is 0 Å². The first-order valence-corrected chi connectivity index (χ1v) is 9.74. The minimum absolute atomic E-state index is 0.269. The quantitative estimate of drug-likeness (QED) is 0.581. The van der Waals surface area contributed by atoms with E-state index in [1.807, 2.05) is 61.4 Å². The first kappa shape index (κ1) is 20.2. The molecule has 0 aliphatic carbocycles. The second kappa shape index (κ2) is 8.73. The molecule has 31 heavy (non-hydrogen) atoms. The van der Waals surface area contributed by atoms with Crippen molar-refractivity contribution in [3.8, 4) is 34.0 Å². The number of H-pyrrole nitrogens is 1. The molecule has 0 atom stereocenters. The summed E-state index contributed by atoms with van der Waals surface area (Å²) >= 11 is 0. The van der Waals surface area contributed by atoms with Gasteiger partial charge in [-0.1, -0.05) is 0 Å². The Morgan fingerprint density at radius 1 is 0.935 bits per heavy atom. The van der Waals surface area contributed by atoms with Gasteiger partial charge in [-0.15, -0.1) is 0 Å². The minimum atomic E-state index is 0.269. The van der Waals surface area contributed by atoms with Gasteiger partial charge in [-0.05, 0) is 55.5 Å². The predicted molar refractivity (Wildman–Crippen MR) is 119 cm³/mol. The number of methoxy groups -OCH3 is 2. The number of carbonyl (C=O) groups excluding carboxylic acids is 1. The first-order chi connectivity index (χ1) is 15.2. The highest BCUT2D eigenvalue weighted by atomic mass is 16.5. The maximum atomic E-state index is 11.3. The van der Waals surface area contributed by atoms with Gasteiger partial charge in [0.2, 0.25) is 0 Å². The second-order valence-corrected chi connectivity index (χ2v) is 6.65. The number of aromatic nitrogens is 2. The van der Waals surface area contributed by atoms with Gasteiger partial charge in [0.15, 0.2) is 11.6 Å². The van der Waals surface area contributed by atoms with Crippen molar-refractivity contribution in [2.75, 3.05) is 20.8 Å². The monoisotopic (exact) mass is 415 g/mol. The van der Waals surface area contributed by atoms with Crippen molar-refractivity contribution in [2.24, 2.45) is 4.99 Å². The summed E-state index contributed by atoms with van der Waals surface area (Å²) in [5.41, 5.74) is 4.12. The third kappa shape index (κ3) is 3.86. The molecule has 1 N–H and O–H groups in total. The van der Waals surface area contributed by atoms with Crippen LogP contribution in [-0.4, -0.2) is 43.0 Å². The molecule has 2 heterocycles. The standard InChI is InChI=1S/C24H21N3O4/c1-4-31-23-17(14-28)13-25-22(23)24-26-20(15-5-9-18(29-2)10-6-15)21(27-24)16-7-11-19(30-3)12-8-16/h5-13H,4H2,1-3H3,(H,26,27). The van der Waals surface area contributed by atoms with Crippen molar-refractivity contribution in [3.05, 3.63) is 65.7 Å². The van der Waals surface area contributed by atoms with Crippen LogP contribution in [0.3, 0.4) is 0 Å². The van der Waals surface area contributed by atoms with Gasteiger partial charge in [0.25, 0.3) is 0 Å². The average molecular weight is 415 g/mol. The van der Waals surface area contributed by atoms with Crippen LogP contribution in [0.5, 0.6) is 11.5 Å². The number of hydrogen-bond acceptors (Lipinski definition) is 6. The van der Waals surface area contributed by atoms with Crippen molar-refractivity contribution >= 4 is 17.9 Å². The molecule has 7 heteroatoms. The van der Waals surface area contributed by atoms with E-state index in [0.717, 1.165) is 34.0 Å². The van der Waals surface area contributed by atoms with Crippen LogP contribution in [0.25, 0.3) is 28.2 Å². The van der Waals surface area contributed by atoms with Crippen LogP contribution in [0.2, 0.25) is 0 Å². The summed E-state index contributed by atoms with van der Waals surface area (Å²) in [6.07, 6.45) is 1.44. The molecule has 1 aliphatic rings. The van der Waals surface area contributed by atoms with Gasteiger partial charge in [0, 0.05) is 11.1 Å². The normalized spacial score (nSPS) is 12.8. The molecular weight excluding hydrogens is 394 g/mol. The van der Waals surface area contributed by atoms with Gasteiger partial charge in [0.1, 0.15) is 28.7 Å². The molecule has 0 fully saturated rings. The molecule has 0 radical (unpaired) electrons. The number of allylic oxidation sites excluding steroid dienone is 1. The summed E-state index contributed by atoms with van der Waals surface area (Å²) in [6.45, 7) is 2.24. The Morgan fingerprint density at radius 3 is 2.10 bits per heavy atom. The molecule has 0 saturated heterocycles. The van der Waals surface area contributed by atoms with Gasteiger partial charge in [-0.25, -0.2) is 14.8 Å². The van der Waals surface area contributed by atoms with Crippen LogP contribution < -0.4 is 9.47 Å². The fourth-order valence-corrected chi connectivity index (χ4v) is 3.32. The Bertz CT molecular complexity index is 1130. The van der Waals surface area contributed by atoms with Crippen LogP contribution in [0.4, 0.5) is 0 Å². The molecule has 156 valence electrons. The molecule has 0 saturated carbocycles. The summed E-state index contributed by atoms with van der Waals surface area (Å²) in [5, 5.41) is 0. The first-order valence-electron chi connectivity index (χ1n) is 9.74. The molecule has 0 unspecified atom stereocenters. The molecule has 0 bridgehead atoms. The lowest BCUT2D eigenvalue weighted by molar-refractivity contribution is 0.243. The number of nitrogens with zero attached hydrogens (tertiary/aromatic N) is 2. The van der Waals surface area contributed by atoms with E-state index in [2.05, 4.69) is 9.98 Å². The van der Waals surface area contributed by atoms with Crippen LogP contribution in [-0.2, 0) is 9.53 Å². The largest absolute Gasteiger partial charge is 0.497 e. The van der Waals surface area contributed by atoms with E-state index >= 15 is 0 Å². The van der Waals surface area contributed by atoms with Gasteiger partial charge in [-0.2, -0.15) is 0 Å². The fraction of sp³-hybridized carbons (Fsp3) is 0.167. The Balaban J connectivity index is 1.88. The SMILES string of the molecule is CCOC1=C(c2nc(-c3ccc(OC)cc3)c(-c3ccc(OC)cc3)[nH]2)N=CC1=C=O. The van der Waals surface area contributed by atoms with Crippen LogP contribution in [0.15, 0.2) is 64.9 Å². The van der Waals surface area contributed by atoms with E-state index in [1.54, 1.807) is 14.2 Å². The van der Waals surface area contributed by atoms with Gasteiger partial charge >= 0.3 is 0 Å².